The minimum atomic E-state index is 0.445. The lowest BCUT2D eigenvalue weighted by atomic mass is 10.2. The van der Waals surface area contributed by atoms with Crippen LogP contribution in [-0.4, -0.2) is 6.61 Å². The highest BCUT2D eigenvalue weighted by Gasteiger charge is 2.08. The summed E-state index contributed by atoms with van der Waals surface area (Å²) in [5, 5.41) is 1.00. The summed E-state index contributed by atoms with van der Waals surface area (Å²) in [5.74, 6) is 1.62. The minimum absolute atomic E-state index is 0.445. The summed E-state index contributed by atoms with van der Waals surface area (Å²) in [7, 11) is 0. The van der Waals surface area contributed by atoms with Gasteiger partial charge in [0.1, 0.15) is 17.2 Å². The number of para-hydroxylation sites is 1. The molecule has 0 atom stereocenters. The number of nitrogen functional groups attached to an aromatic ring is 1. The van der Waals surface area contributed by atoms with Gasteiger partial charge in [-0.05, 0) is 37.3 Å². The van der Waals surface area contributed by atoms with E-state index >= 15 is 0 Å². The van der Waals surface area contributed by atoms with Crippen molar-refractivity contribution < 1.29 is 9.47 Å². The molecule has 19 heavy (non-hydrogen) atoms. The Labute approximate surface area is 121 Å². The summed E-state index contributed by atoms with van der Waals surface area (Å²) in [6, 6.07) is 10.3. The summed E-state index contributed by atoms with van der Waals surface area (Å²) >= 11 is 11.8. The third kappa shape index (κ3) is 3.46. The maximum atomic E-state index is 5.98. The van der Waals surface area contributed by atoms with E-state index in [1.165, 1.54) is 0 Å². The normalized spacial score (nSPS) is 10.3. The van der Waals surface area contributed by atoms with Crippen LogP contribution in [0.3, 0.4) is 0 Å². The Morgan fingerprint density at radius 3 is 2.32 bits per heavy atom. The molecule has 0 aliphatic heterocycles. The first-order valence-corrected chi connectivity index (χ1v) is 6.51. The number of hydrogen-bond donors (Lipinski definition) is 1. The molecular weight excluding hydrogens is 285 g/mol. The van der Waals surface area contributed by atoms with E-state index in [1.807, 2.05) is 13.0 Å². The molecular formula is C14H13Cl2NO2. The lowest BCUT2D eigenvalue weighted by molar-refractivity contribution is 0.340. The van der Waals surface area contributed by atoms with Crippen molar-refractivity contribution in [3.63, 3.8) is 0 Å². The molecule has 2 aromatic carbocycles. The van der Waals surface area contributed by atoms with E-state index in [4.69, 9.17) is 38.4 Å². The molecule has 0 radical (unpaired) electrons. The van der Waals surface area contributed by atoms with Crippen molar-refractivity contribution in [3.05, 3.63) is 46.4 Å². The Morgan fingerprint density at radius 1 is 1.05 bits per heavy atom. The monoisotopic (exact) mass is 297 g/mol. The Hall–Kier alpha value is -1.58. The van der Waals surface area contributed by atoms with E-state index in [2.05, 4.69) is 0 Å². The van der Waals surface area contributed by atoms with Crippen LogP contribution in [0.15, 0.2) is 36.4 Å². The van der Waals surface area contributed by atoms with Gasteiger partial charge in [0.2, 0.25) is 0 Å². The summed E-state index contributed by atoms with van der Waals surface area (Å²) in [4.78, 5) is 0. The molecule has 5 heteroatoms. The molecule has 100 valence electrons. The van der Waals surface area contributed by atoms with Crippen molar-refractivity contribution in [1.29, 1.82) is 0 Å². The number of nitrogens with two attached hydrogens (primary N) is 1. The van der Waals surface area contributed by atoms with Gasteiger partial charge in [-0.3, -0.25) is 0 Å². The van der Waals surface area contributed by atoms with Crippen molar-refractivity contribution in [3.8, 4) is 17.2 Å². The predicted octanol–water partition coefficient (Wildman–Crippen LogP) is 4.77. The van der Waals surface area contributed by atoms with E-state index in [0.29, 0.717) is 39.6 Å². The first-order valence-electron chi connectivity index (χ1n) is 5.75. The first kappa shape index (κ1) is 13.8. The zero-order chi connectivity index (χ0) is 13.8. The molecule has 0 saturated carbocycles. The highest BCUT2D eigenvalue weighted by molar-refractivity contribution is 6.34. The number of anilines is 1. The lowest BCUT2D eigenvalue weighted by Crippen LogP contribution is -1.99. The molecule has 2 aromatic rings. The number of benzene rings is 2. The minimum Gasteiger partial charge on any atom is -0.492 e. The Bertz CT molecular complexity index is 567. The molecule has 0 fully saturated rings. The molecule has 0 heterocycles. The molecule has 2 N–H and O–H groups in total. The fourth-order valence-electron chi connectivity index (χ4n) is 1.61. The molecule has 0 aromatic heterocycles. The standard InChI is InChI=1S/C14H13Cl2NO2/c1-2-18-12-4-3-5-13(14(12)17)19-11-7-9(15)6-10(16)8-11/h3-8H,2,17H2,1H3. The Kier molecular flexibility index (Phi) is 4.40. The summed E-state index contributed by atoms with van der Waals surface area (Å²) in [6.07, 6.45) is 0. The van der Waals surface area contributed by atoms with Crippen LogP contribution in [0.2, 0.25) is 10.0 Å². The SMILES string of the molecule is CCOc1cccc(Oc2cc(Cl)cc(Cl)c2)c1N. The second kappa shape index (κ2) is 6.04. The van der Waals surface area contributed by atoms with Crippen LogP contribution in [0.25, 0.3) is 0 Å². The lowest BCUT2D eigenvalue weighted by Gasteiger charge is -2.12. The van der Waals surface area contributed by atoms with E-state index in [9.17, 15) is 0 Å². The molecule has 3 nitrogen and oxygen atoms in total. The summed E-state index contributed by atoms with van der Waals surface area (Å²) < 4.78 is 11.1. The third-order valence-electron chi connectivity index (χ3n) is 2.39. The topological polar surface area (TPSA) is 44.5 Å². The maximum Gasteiger partial charge on any atom is 0.154 e. The van der Waals surface area contributed by atoms with Crippen LogP contribution < -0.4 is 15.2 Å². The fraction of sp³-hybridized carbons (Fsp3) is 0.143. The van der Waals surface area contributed by atoms with Crippen molar-refractivity contribution in [1.82, 2.24) is 0 Å². The largest absolute Gasteiger partial charge is 0.492 e. The Balaban J connectivity index is 2.30. The van der Waals surface area contributed by atoms with Crippen molar-refractivity contribution in [2.24, 2.45) is 0 Å². The summed E-state index contributed by atoms with van der Waals surface area (Å²) in [6.45, 7) is 2.43. The van der Waals surface area contributed by atoms with Gasteiger partial charge in [0, 0.05) is 10.0 Å². The highest BCUT2D eigenvalue weighted by atomic mass is 35.5. The maximum absolute atomic E-state index is 5.98. The zero-order valence-corrected chi connectivity index (χ0v) is 11.8. The van der Waals surface area contributed by atoms with Crippen molar-refractivity contribution in [2.45, 2.75) is 6.92 Å². The van der Waals surface area contributed by atoms with Gasteiger partial charge in [0.25, 0.3) is 0 Å². The fourth-order valence-corrected chi connectivity index (χ4v) is 2.11. The number of hydrogen-bond acceptors (Lipinski definition) is 3. The smallest absolute Gasteiger partial charge is 0.154 e. The average molecular weight is 298 g/mol. The van der Waals surface area contributed by atoms with Crippen LogP contribution >= 0.6 is 23.2 Å². The molecule has 0 bridgehead atoms. The molecule has 0 spiro atoms. The van der Waals surface area contributed by atoms with Crippen LogP contribution in [0.1, 0.15) is 6.92 Å². The van der Waals surface area contributed by atoms with E-state index in [1.54, 1.807) is 30.3 Å². The second-order valence-corrected chi connectivity index (χ2v) is 4.68. The summed E-state index contributed by atoms with van der Waals surface area (Å²) in [5.41, 5.74) is 6.42. The molecule has 0 amide bonds. The Morgan fingerprint density at radius 2 is 1.68 bits per heavy atom. The molecule has 2 rings (SSSR count). The van der Waals surface area contributed by atoms with Crippen molar-refractivity contribution >= 4 is 28.9 Å². The van der Waals surface area contributed by atoms with Gasteiger partial charge in [0.15, 0.2) is 5.75 Å². The second-order valence-electron chi connectivity index (χ2n) is 3.81. The number of rotatable bonds is 4. The first-order chi connectivity index (χ1) is 9.10. The molecule has 0 saturated heterocycles. The zero-order valence-electron chi connectivity index (χ0n) is 10.3. The third-order valence-corrected chi connectivity index (χ3v) is 2.83. The van der Waals surface area contributed by atoms with Gasteiger partial charge >= 0.3 is 0 Å². The van der Waals surface area contributed by atoms with E-state index in [0.717, 1.165) is 0 Å². The highest BCUT2D eigenvalue weighted by Crippen LogP contribution is 2.36. The number of halogens is 2. The van der Waals surface area contributed by atoms with Gasteiger partial charge in [-0.25, -0.2) is 0 Å². The molecule has 0 aliphatic carbocycles. The van der Waals surface area contributed by atoms with Gasteiger partial charge in [-0.2, -0.15) is 0 Å². The molecule has 0 unspecified atom stereocenters. The molecule has 0 aliphatic rings. The van der Waals surface area contributed by atoms with Gasteiger partial charge in [-0.1, -0.05) is 29.3 Å². The van der Waals surface area contributed by atoms with Crippen LogP contribution in [-0.2, 0) is 0 Å². The average Bonchev–Trinajstić information content (AvgIpc) is 2.33. The van der Waals surface area contributed by atoms with Gasteiger partial charge < -0.3 is 15.2 Å². The van der Waals surface area contributed by atoms with E-state index in [-0.39, 0.29) is 0 Å². The quantitative estimate of drug-likeness (QED) is 0.827. The van der Waals surface area contributed by atoms with E-state index < -0.39 is 0 Å². The van der Waals surface area contributed by atoms with Crippen LogP contribution in [0.4, 0.5) is 5.69 Å². The van der Waals surface area contributed by atoms with Crippen LogP contribution in [0, 0.1) is 0 Å². The predicted molar refractivity (Wildman–Crippen MR) is 78.6 cm³/mol. The van der Waals surface area contributed by atoms with Crippen LogP contribution in [0.5, 0.6) is 17.2 Å². The van der Waals surface area contributed by atoms with Gasteiger partial charge in [0.05, 0.1) is 6.61 Å². The number of ether oxygens (including phenoxy) is 2. The van der Waals surface area contributed by atoms with Gasteiger partial charge in [-0.15, -0.1) is 0 Å². The van der Waals surface area contributed by atoms with Crippen molar-refractivity contribution in [2.75, 3.05) is 12.3 Å².